The summed E-state index contributed by atoms with van der Waals surface area (Å²) in [5.41, 5.74) is -0.849. The Bertz CT molecular complexity index is 692. The molecule has 1 aromatic heterocycles. The number of aromatic nitrogens is 2. The van der Waals surface area contributed by atoms with E-state index < -0.39 is 17.7 Å². The molecule has 0 spiro atoms. The largest absolute Gasteiger partial charge is 0.495 e. The molecule has 5 nitrogen and oxygen atoms in total. The second kappa shape index (κ2) is 5.12. The Morgan fingerprint density at radius 1 is 1.38 bits per heavy atom. The van der Waals surface area contributed by atoms with Gasteiger partial charge in [0.05, 0.1) is 18.4 Å². The number of aromatic carboxylic acids is 1. The van der Waals surface area contributed by atoms with E-state index >= 15 is 0 Å². The number of alkyl halides is 3. The van der Waals surface area contributed by atoms with Crippen molar-refractivity contribution in [3.63, 3.8) is 0 Å². The minimum Gasteiger partial charge on any atom is -0.495 e. The molecule has 1 aromatic carbocycles. The molecular weight excluding hydrogens is 289 g/mol. The number of methoxy groups -OCH3 is 1. The molecule has 2 aromatic rings. The predicted molar refractivity (Wildman–Crippen MR) is 67.2 cm³/mol. The minimum absolute atomic E-state index is 0.120. The topological polar surface area (TPSA) is 64.3 Å². The Labute approximate surface area is 117 Å². The number of halogens is 3. The molecule has 112 valence electrons. The summed E-state index contributed by atoms with van der Waals surface area (Å²) in [7, 11) is 2.57. The van der Waals surface area contributed by atoms with Crippen LogP contribution in [0.15, 0.2) is 24.3 Å². The normalized spacial score (nSPS) is 11.5. The zero-order chi connectivity index (χ0) is 15.8. The standard InChI is InChI=1S/C13H11F3N2O3/c1-18-10(6-9(17-18)12(19)20)7-4-3-5-8(11(7)21-2)13(14,15)16/h3-6H,1-2H3,(H,19,20). The lowest BCUT2D eigenvalue weighted by Gasteiger charge is -2.15. The number of aryl methyl sites for hydroxylation is 1. The van der Waals surface area contributed by atoms with Gasteiger partial charge >= 0.3 is 12.1 Å². The van der Waals surface area contributed by atoms with Gasteiger partial charge in [0.2, 0.25) is 0 Å². The summed E-state index contributed by atoms with van der Waals surface area (Å²) >= 11 is 0. The SMILES string of the molecule is COc1c(-c2cc(C(=O)O)nn2C)cccc1C(F)(F)F. The molecule has 0 saturated heterocycles. The first-order valence-electron chi connectivity index (χ1n) is 5.77. The lowest BCUT2D eigenvalue weighted by atomic mass is 10.1. The molecule has 2 rings (SSSR count). The molecule has 0 saturated carbocycles. The van der Waals surface area contributed by atoms with Gasteiger partial charge in [0.15, 0.2) is 5.69 Å². The van der Waals surface area contributed by atoms with E-state index in [-0.39, 0.29) is 22.7 Å². The maximum atomic E-state index is 13.0. The number of ether oxygens (including phenoxy) is 1. The molecule has 1 N–H and O–H groups in total. The van der Waals surface area contributed by atoms with Crippen LogP contribution in [0.1, 0.15) is 16.1 Å². The first kappa shape index (κ1) is 14.9. The highest BCUT2D eigenvalue weighted by molar-refractivity contribution is 5.87. The highest BCUT2D eigenvalue weighted by Gasteiger charge is 2.35. The van der Waals surface area contributed by atoms with E-state index in [0.717, 1.165) is 13.2 Å². The molecule has 21 heavy (non-hydrogen) atoms. The molecule has 1 heterocycles. The van der Waals surface area contributed by atoms with Crippen LogP contribution in [0.3, 0.4) is 0 Å². The van der Waals surface area contributed by atoms with Gasteiger partial charge in [-0.3, -0.25) is 4.68 Å². The van der Waals surface area contributed by atoms with Gasteiger partial charge < -0.3 is 9.84 Å². The third kappa shape index (κ3) is 2.69. The summed E-state index contributed by atoms with van der Waals surface area (Å²) in [4.78, 5) is 10.9. The van der Waals surface area contributed by atoms with Gasteiger partial charge in [-0.25, -0.2) is 4.79 Å². The van der Waals surface area contributed by atoms with Gasteiger partial charge in [-0.05, 0) is 18.2 Å². The summed E-state index contributed by atoms with van der Waals surface area (Å²) in [6, 6.07) is 4.74. The number of nitrogens with zero attached hydrogens (tertiary/aromatic N) is 2. The Hall–Kier alpha value is -2.51. The van der Waals surface area contributed by atoms with Crippen molar-refractivity contribution >= 4 is 5.97 Å². The van der Waals surface area contributed by atoms with Gasteiger partial charge in [-0.2, -0.15) is 18.3 Å². The van der Waals surface area contributed by atoms with Gasteiger partial charge in [-0.15, -0.1) is 0 Å². The molecule has 0 bridgehead atoms. The Kier molecular flexibility index (Phi) is 3.63. The van der Waals surface area contributed by atoms with E-state index in [4.69, 9.17) is 9.84 Å². The van der Waals surface area contributed by atoms with Crippen molar-refractivity contribution < 1.29 is 27.8 Å². The molecule has 0 unspecified atom stereocenters. The summed E-state index contributed by atoms with van der Waals surface area (Å²) in [6.45, 7) is 0. The fraction of sp³-hybridized carbons (Fsp3) is 0.231. The molecular formula is C13H11F3N2O3. The van der Waals surface area contributed by atoms with Crippen molar-refractivity contribution in [2.24, 2.45) is 7.05 Å². The van der Waals surface area contributed by atoms with Gasteiger partial charge in [0.25, 0.3) is 0 Å². The van der Waals surface area contributed by atoms with Crippen LogP contribution in [0.5, 0.6) is 5.75 Å². The van der Waals surface area contributed by atoms with Crippen LogP contribution in [0.25, 0.3) is 11.3 Å². The molecule has 0 aliphatic carbocycles. The lowest BCUT2D eigenvalue weighted by Crippen LogP contribution is -2.08. The summed E-state index contributed by atoms with van der Waals surface area (Å²) < 4.78 is 45.0. The van der Waals surface area contributed by atoms with Crippen LogP contribution >= 0.6 is 0 Å². The van der Waals surface area contributed by atoms with Gasteiger partial charge in [-0.1, -0.05) is 6.07 Å². The molecule has 0 fully saturated rings. The zero-order valence-corrected chi connectivity index (χ0v) is 11.1. The molecule has 8 heteroatoms. The van der Waals surface area contributed by atoms with E-state index in [1.54, 1.807) is 0 Å². The highest BCUT2D eigenvalue weighted by Crippen LogP contribution is 2.41. The monoisotopic (exact) mass is 300 g/mol. The number of hydrogen-bond acceptors (Lipinski definition) is 3. The van der Waals surface area contributed by atoms with Crippen LogP contribution in [0.4, 0.5) is 13.2 Å². The number of carbonyl (C=O) groups is 1. The van der Waals surface area contributed by atoms with Gasteiger partial charge in [0, 0.05) is 12.6 Å². The molecule has 0 atom stereocenters. The molecule has 0 aliphatic heterocycles. The van der Waals surface area contributed by atoms with Gasteiger partial charge in [0.1, 0.15) is 5.75 Å². The average Bonchev–Trinajstić information content (AvgIpc) is 2.79. The second-order valence-electron chi connectivity index (χ2n) is 4.23. The quantitative estimate of drug-likeness (QED) is 0.946. The van der Waals surface area contributed by atoms with Crippen LogP contribution < -0.4 is 4.74 Å². The summed E-state index contributed by atoms with van der Waals surface area (Å²) in [5.74, 6) is -1.63. The number of para-hydroxylation sites is 1. The first-order valence-corrected chi connectivity index (χ1v) is 5.77. The van der Waals surface area contributed by atoms with E-state index in [1.165, 1.54) is 29.9 Å². The molecule has 0 amide bonds. The maximum absolute atomic E-state index is 13.0. The fourth-order valence-corrected chi connectivity index (χ4v) is 2.01. The Morgan fingerprint density at radius 3 is 2.52 bits per heavy atom. The predicted octanol–water partition coefficient (Wildman–Crippen LogP) is 2.81. The average molecular weight is 300 g/mol. The van der Waals surface area contributed by atoms with Crippen LogP contribution in [-0.4, -0.2) is 28.0 Å². The first-order chi connectivity index (χ1) is 9.75. The van der Waals surface area contributed by atoms with Crippen molar-refractivity contribution in [2.75, 3.05) is 7.11 Å². The number of rotatable bonds is 3. The molecule has 0 radical (unpaired) electrons. The van der Waals surface area contributed by atoms with E-state index in [1.807, 2.05) is 0 Å². The Balaban J connectivity index is 2.67. The van der Waals surface area contributed by atoms with E-state index in [9.17, 15) is 18.0 Å². The highest BCUT2D eigenvalue weighted by atomic mass is 19.4. The maximum Gasteiger partial charge on any atom is 0.419 e. The number of benzene rings is 1. The lowest BCUT2D eigenvalue weighted by molar-refractivity contribution is -0.138. The number of hydrogen-bond donors (Lipinski definition) is 1. The summed E-state index contributed by atoms with van der Waals surface area (Å²) in [5, 5.41) is 12.6. The second-order valence-corrected chi connectivity index (χ2v) is 4.23. The van der Waals surface area contributed by atoms with Crippen molar-refractivity contribution in [1.82, 2.24) is 9.78 Å². The fourth-order valence-electron chi connectivity index (χ4n) is 2.01. The van der Waals surface area contributed by atoms with Crippen molar-refractivity contribution in [1.29, 1.82) is 0 Å². The third-order valence-electron chi connectivity index (χ3n) is 2.90. The van der Waals surface area contributed by atoms with Crippen molar-refractivity contribution in [3.05, 3.63) is 35.5 Å². The van der Waals surface area contributed by atoms with Crippen LogP contribution in [0.2, 0.25) is 0 Å². The van der Waals surface area contributed by atoms with Crippen LogP contribution in [-0.2, 0) is 13.2 Å². The van der Waals surface area contributed by atoms with Crippen molar-refractivity contribution in [3.8, 4) is 17.0 Å². The van der Waals surface area contributed by atoms with Crippen LogP contribution in [0, 0.1) is 0 Å². The Morgan fingerprint density at radius 2 is 2.05 bits per heavy atom. The number of carboxylic acid groups (broad SMARTS) is 1. The smallest absolute Gasteiger partial charge is 0.419 e. The minimum atomic E-state index is -4.57. The molecule has 0 aliphatic rings. The van der Waals surface area contributed by atoms with E-state index in [0.29, 0.717) is 0 Å². The zero-order valence-electron chi connectivity index (χ0n) is 11.1. The van der Waals surface area contributed by atoms with Crippen molar-refractivity contribution in [2.45, 2.75) is 6.18 Å². The number of carboxylic acids is 1. The summed E-state index contributed by atoms with van der Waals surface area (Å²) in [6.07, 6.45) is -4.57. The third-order valence-corrected chi connectivity index (χ3v) is 2.90. The van der Waals surface area contributed by atoms with E-state index in [2.05, 4.69) is 5.10 Å².